The van der Waals surface area contributed by atoms with Crippen molar-refractivity contribution in [2.45, 2.75) is 24.8 Å². The number of nitrogen functional groups attached to an aromatic ring is 1. The van der Waals surface area contributed by atoms with Crippen LogP contribution < -0.4 is 10.7 Å². The third kappa shape index (κ3) is 2.77. The number of thioether (sulfide) groups is 1. The van der Waals surface area contributed by atoms with Crippen molar-refractivity contribution in [2.75, 3.05) is 12.0 Å². The van der Waals surface area contributed by atoms with Gasteiger partial charge in [0.25, 0.3) is 5.82 Å². The minimum Gasteiger partial charge on any atom is -0.286 e. The van der Waals surface area contributed by atoms with Gasteiger partial charge in [-0.1, -0.05) is 49.9 Å². The second-order valence-corrected chi connectivity index (χ2v) is 6.01. The lowest BCUT2D eigenvalue weighted by molar-refractivity contribution is -0.410. The maximum absolute atomic E-state index is 9.51. The van der Waals surface area contributed by atoms with E-state index in [1.807, 2.05) is 30.5 Å². The highest BCUT2D eigenvalue weighted by atomic mass is 32.2. The summed E-state index contributed by atoms with van der Waals surface area (Å²) in [6.45, 7) is 4.25. The summed E-state index contributed by atoms with van der Waals surface area (Å²) < 4.78 is 0. The minimum absolute atomic E-state index is 0.286. The molecule has 0 saturated carbocycles. The second-order valence-electron chi connectivity index (χ2n) is 5.20. The number of hydrogen-bond acceptors (Lipinski definition) is 4. The Labute approximate surface area is 134 Å². The average Bonchev–Trinajstić information content (AvgIpc) is 2.53. The standard InChI is InChI=1S/C17H16N4S/c1-10(2)11-4-6-12(7-5-11)15-13(8-18)16(20)21-17(22-3)14(15)9-19/h4-7,10H,1-3H3,(H2,20,21)/p+1. The molecule has 0 spiro atoms. The molecule has 110 valence electrons. The number of nitrogens with two attached hydrogens (primary N) is 1. The van der Waals surface area contributed by atoms with Crippen molar-refractivity contribution in [1.82, 2.24) is 0 Å². The molecule has 3 N–H and O–H groups in total. The fourth-order valence-electron chi connectivity index (χ4n) is 2.32. The van der Waals surface area contributed by atoms with Crippen LogP contribution in [0.3, 0.4) is 0 Å². The fraction of sp³-hybridized carbons (Fsp3) is 0.235. The first-order valence-corrected chi connectivity index (χ1v) is 8.09. The predicted molar refractivity (Wildman–Crippen MR) is 88.1 cm³/mol. The minimum atomic E-state index is 0.286. The van der Waals surface area contributed by atoms with E-state index < -0.39 is 0 Å². The van der Waals surface area contributed by atoms with Crippen LogP contribution in [-0.2, 0) is 0 Å². The lowest BCUT2D eigenvalue weighted by atomic mass is 9.94. The molecule has 0 amide bonds. The van der Waals surface area contributed by atoms with Gasteiger partial charge in [0.2, 0.25) is 0 Å². The van der Waals surface area contributed by atoms with Crippen LogP contribution in [0.25, 0.3) is 11.1 Å². The number of H-pyrrole nitrogens is 1. The first-order valence-electron chi connectivity index (χ1n) is 6.86. The van der Waals surface area contributed by atoms with Crippen LogP contribution in [0.15, 0.2) is 29.3 Å². The SMILES string of the molecule is CSc1[nH+]c(N)c(C#N)c(-c2ccc(C(C)C)cc2)c1C#N. The van der Waals surface area contributed by atoms with Gasteiger partial charge in [-0.15, -0.1) is 0 Å². The molecule has 1 heterocycles. The Hall–Kier alpha value is -2.50. The Morgan fingerprint density at radius 1 is 1.09 bits per heavy atom. The summed E-state index contributed by atoms with van der Waals surface area (Å²) in [5.74, 6) is 0.713. The Morgan fingerprint density at radius 3 is 2.14 bits per heavy atom. The van der Waals surface area contributed by atoms with Crippen LogP contribution in [-0.4, -0.2) is 6.26 Å². The molecule has 5 heteroatoms. The van der Waals surface area contributed by atoms with Gasteiger partial charge in [0.15, 0.2) is 5.03 Å². The van der Waals surface area contributed by atoms with E-state index in [-0.39, 0.29) is 5.82 Å². The molecule has 0 aliphatic carbocycles. The number of pyridine rings is 1. The van der Waals surface area contributed by atoms with E-state index in [1.165, 1.54) is 17.3 Å². The molecule has 0 saturated heterocycles. The maximum Gasteiger partial charge on any atom is 0.289 e. The summed E-state index contributed by atoms with van der Waals surface area (Å²) >= 11 is 1.40. The molecule has 0 aliphatic heterocycles. The summed E-state index contributed by atoms with van der Waals surface area (Å²) in [5, 5.41) is 19.6. The van der Waals surface area contributed by atoms with Crippen LogP contribution in [0.1, 0.15) is 36.5 Å². The van der Waals surface area contributed by atoms with Crippen molar-refractivity contribution in [3.05, 3.63) is 41.0 Å². The lowest BCUT2D eigenvalue weighted by Crippen LogP contribution is -2.18. The zero-order chi connectivity index (χ0) is 16.3. The van der Waals surface area contributed by atoms with E-state index in [9.17, 15) is 10.5 Å². The quantitative estimate of drug-likeness (QED) is 0.881. The van der Waals surface area contributed by atoms with Gasteiger partial charge in [0, 0.05) is 5.56 Å². The second kappa shape index (κ2) is 6.51. The van der Waals surface area contributed by atoms with Crippen molar-refractivity contribution in [2.24, 2.45) is 0 Å². The normalized spacial score (nSPS) is 10.3. The first kappa shape index (κ1) is 15.9. The van der Waals surface area contributed by atoms with E-state index in [1.54, 1.807) is 0 Å². The zero-order valence-corrected chi connectivity index (χ0v) is 13.6. The molecule has 1 aromatic carbocycles. The molecule has 22 heavy (non-hydrogen) atoms. The number of nitrogens with one attached hydrogen (secondary N) is 1. The third-order valence-corrected chi connectivity index (χ3v) is 4.25. The fourth-order valence-corrected chi connectivity index (χ4v) is 2.88. The van der Waals surface area contributed by atoms with Gasteiger partial charge in [0.1, 0.15) is 23.3 Å². The van der Waals surface area contributed by atoms with E-state index >= 15 is 0 Å². The van der Waals surface area contributed by atoms with Crippen LogP contribution >= 0.6 is 11.8 Å². The van der Waals surface area contributed by atoms with Gasteiger partial charge in [-0.25, -0.2) is 4.98 Å². The Balaban J connectivity index is 2.75. The number of benzene rings is 1. The topological polar surface area (TPSA) is 87.7 Å². The monoisotopic (exact) mass is 309 g/mol. The van der Waals surface area contributed by atoms with Gasteiger partial charge >= 0.3 is 0 Å². The lowest BCUT2D eigenvalue weighted by Gasteiger charge is -2.11. The summed E-state index contributed by atoms with van der Waals surface area (Å²) in [6, 6.07) is 12.2. The molecule has 0 unspecified atom stereocenters. The number of aromatic nitrogens is 1. The van der Waals surface area contributed by atoms with E-state index in [0.717, 1.165) is 5.56 Å². The number of aromatic amines is 1. The predicted octanol–water partition coefficient (Wildman–Crippen LogP) is 3.34. The van der Waals surface area contributed by atoms with Crippen molar-refractivity contribution in [3.8, 4) is 23.3 Å². The average molecular weight is 309 g/mol. The Bertz CT molecular complexity index is 780. The van der Waals surface area contributed by atoms with E-state index in [2.05, 4.69) is 31.0 Å². The molecule has 2 rings (SSSR count). The summed E-state index contributed by atoms with van der Waals surface area (Å²) in [6.07, 6.45) is 1.86. The van der Waals surface area contributed by atoms with Crippen molar-refractivity contribution in [3.63, 3.8) is 0 Å². The Kier molecular flexibility index (Phi) is 4.70. The zero-order valence-electron chi connectivity index (χ0n) is 12.8. The van der Waals surface area contributed by atoms with E-state index in [4.69, 9.17) is 5.73 Å². The molecule has 0 bridgehead atoms. The molecule has 1 aromatic heterocycles. The highest BCUT2D eigenvalue weighted by molar-refractivity contribution is 7.98. The summed E-state index contributed by atoms with van der Waals surface area (Å²) in [7, 11) is 0. The number of rotatable bonds is 3. The van der Waals surface area contributed by atoms with Crippen LogP contribution in [0, 0.1) is 22.7 Å². The van der Waals surface area contributed by atoms with Crippen molar-refractivity contribution < 1.29 is 4.98 Å². The number of anilines is 1. The highest BCUT2D eigenvalue weighted by Crippen LogP contribution is 2.33. The largest absolute Gasteiger partial charge is 0.289 e. The molecular weight excluding hydrogens is 292 g/mol. The smallest absolute Gasteiger partial charge is 0.286 e. The van der Waals surface area contributed by atoms with Gasteiger partial charge < -0.3 is 0 Å². The van der Waals surface area contributed by atoms with Gasteiger partial charge in [-0.2, -0.15) is 10.5 Å². The number of nitriles is 2. The molecule has 0 atom stereocenters. The summed E-state index contributed by atoms with van der Waals surface area (Å²) in [5.41, 5.74) is 9.35. The van der Waals surface area contributed by atoms with Crippen LogP contribution in [0.2, 0.25) is 0 Å². The Morgan fingerprint density at radius 2 is 1.68 bits per heavy atom. The third-order valence-electron chi connectivity index (χ3n) is 3.54. The molecule has 4 nitrogen and oxygen atoms in total. The number of nitrogens with zero attached hydrogens (tertiary/aromatic N) is 2. The van der Waals surface area contributed by atoms with E-state index in [0.29, 0.717) is 27.6 Å². The van der Waals surface area contributed by atoms with Crippen LogP contribution in [0.5, 0.6) is 0 Å². The maximum atomic E-state index is 9.51. The molecule has 0 aliphatic rings. The van der Waals surface area contributed by atoms with Crippen LogP contribution in [0.4, 0.5) is 5.82 Å². The van der Waals surface area contributed by atoms with Crippen molar-refractivity contribution >= 4 is 17.6 Å². The summed E-state index contributed by atoms with van der Waals surface area (Å²) in [4.78, 5) is 2.93. The van der Waals surface area contributed by atoms with Gasteiger partial charge in [0.05, 0.1) is 0 Å². The van der Waals surface area contributed by atoms with Gasteiger partial charge in [-0.05, 0) is 23.3 Å². The highest BCUT2D eigenvalue weighted by Gasteiger charge is 2.23. The van der Waals surface area contributed by atoms with Crippen molar-refractivity contribution in [1.29, 1.82) is 10.5 Å². The molecule has 0 fully saturated rings. The molecule has 2 aromatic rings. The molecular formula is C17H17N4S+. The molecule has 0 radical (unpaired) electrons. The first-order chi connectivity index (χ1) is 10.5. The van der Waals surface area contributed by atoms with Gasteiger partial charge in [-0.3, -0.25) is 5.73 Å². The number of hydrogen-bond donors (Lipinski definition) is 1.